The first-order valence-electron chi connectivity index (χ1n) is 8.18. The molecule has 0 aliphatic carbocycles. The lowest BCUT2D eigenvalue weighted by atomic mass is 10.2. The van der Waals surface area contributed by atoms with Crippen LogP contribution in [0.2, 0.25) is 0 Å². The van der Waals surface area contributed by atoms with Crippen molar-refractivity contribution in [3.63, 3.8) is 0 Å². The predicted octanol–water partition coefficient (Wildman–Crippen LogP) is 1.61. The standard InChI is InChI=1S/C17H26N4O2.2ClH/c1-18-9-5-8-17(23)21-12-10-20(11-13-21)14-16(22)19-15-6-3-2-4-7-15;;/h2-4,6-7,18H,5,8-14H2,1H3,(H,19,22);2*1H. The summed E-state index contributed by atoms with van der Waals surface area (Å²) >= 11 is 0. The molecule has 142 valence electrons. The van der Waals surface area contributed by atoms with Gasteiger partial charge in [-0.05, 0) is 32.1 Å². The smallest absolute Gasteiger partial charge is 0.238 e. The maximum atomic E-state index is 12.0. The number of nitrogens with one attached hydrogen (secondary N) is 2. The highest BCUT2D eigenvalue weighted by molar-refractivity contribution is 5.92. The molecule has 0 bridgehead atoms. The number of rotatable bonds is 7. The van der Waals surface area contributed by atoms with Gasteiger partial charge in [-0.1, -0.05) is 18.2 Å². The van der Waals surface area contributed by atoms with Gasteiger partial charge in [-0.3, -0.25) is 14.5 Å². The summed E-state index contributed by atoms with van der Waals surface area (Å²) in [5.74, 6) is 0.207. The summed E-state index contributed by atoms with van der Waals surface area (Å²) in [4.78, 5) is 28.1. The molecule has 0 spiro atoms. The minimum atomic E-state index is -0.00926. The van der Waals surface area contributed by atoms with Crippen LogP contribution in [0.5, 0.6) is 0 Å². The number of anilines is 1. The molecule has 1 saturated heterocycles. The number of carbonyl (C=O) groups is 2. The number of hydrogen-bond donors (Lipinski definition) is 2. The van der Waals surface area contributed by atoms with Gasteiger partial charge in [0, 0.05) is 38.3 Å². The number of halogens is 2. The molecule has 1 heterocycles. The second kappa shape index (κ2) is 12.9. The topological polar surface area (TPSA) is 64.7 Å². The highest BCUT2D eigenvalue weighted by atomic mass is 35.5. The van der Waals surface area contributed by atoms with Gasteiger partial charge in [-0.15, -0.1) is 24.8 Å². The van der Waals surface area contributed by atoms with E-state index in [1.807, 2.05) is 42.3 Å². The van der Waals surface area contributed by atoms with Crippen LogP contribution in [-0.4, -0.2) is 67.9 Å². The van der Waals surface area contributed by atoms with Crippen LogP contribution in [0.25, 0.3) is 0 Å². The third-order valence-corrected chi connectivity index (χ3v) is 3.97. The van der Waals surface area contributed by atoms with Gasteiger partial charge in [0.15, 0.2) is 0 Å². The maximum Gasteiger partial charge on any atom is 0.238 e. The lowest BCUT2D eigenvalue weighted by molar-refractivity contribution is -0.133. The molecule has 0 unspecified atom stereocenters. The molecule has 8 heteroatoms. The van der Waals surface area contributed by atoms with Crippen molar-refractivity contribution >= 4 is 42.3 Å². The Hall–Kier alpha value is -1.34. The third-order valence-electron chi connectivity index (χ3n) is 3.97. The van der Waals surface area contributed by atoms with Gasteiger partial charge in [0.05, 0.1) is 6.54 Å². The first-order valence-corrected chi connectivity index (χ1v) is 8.18. The second-order valence-corrected chi connectivity index (χ2v) is 5.78. The molecule has 2 N–H and O–H groups in total. The molecule has 1 fully saturated rings. The Morgan fingerprint density at radius 1 is 1.04 bits per heavy atom. The summed E-state index contributed by atoms with van der Waals surface area (Å²) in [6.45, 7) is 4.15. The van der Waals surface area contributed by atoms with Gasteiger partial charge in [-0.2, -0.15) is 0 Å². The summed E-state index contributed by atoms with van der Waals surface area (Å²) < 4.78 is 0. The summed E-state index contributed by atoms with van der Waals surface area (Å²) in [6.07, 6.45) is 1.46. The summed E-state index contributed by atoms with van der Waals surface area (Å²) in [5, 5.41) is 5.94. The minimum absolute atomic E-state index is 0. The maximum absolute atomic E-state index is 12.0. The molecule has 2 rings (SSSR count). The van der Waals surface area contributed by atoms with E-state index >= 15 is 0 Å². The van der Waals surface area contributed by atoms with Crippen LogP contribution in [0.15, 0.2) is 30.3 Å². The molecule has 25 heavy (non-hydrogen) atoms. The molecule has 1 aliphatic heterocycles. The zero-order valence-corrected chi connectivity index (χ0v) is 16.2. The van der Waals surface area contributed by atoms with E-state index in [2.05, 4.69) is 15.5 Å². The molecule has 0 atom stereocenters. The number of amides is 2. The van der Waals surface area contributed by atoms with Crippen LogP contribution >= 0.6 is 24.8 Å². The van der Waals surface area contributed by atoms with Gasteiger partial charge in [-0.25, -0.2) is 0 Å². The van der Waals surface area contributed by atoms with Crippen LogP contribution in [0.3, 0.4) is 0 Å². The fourth-order valence-electron chi connectivity index (χ4n) is 2.65. The van der Waals surface area contributed by atoms with Gasteiger partial charge in [0.1, 0.15) is 0 Å². The van der Waals surface area contributed by atoms with E-state index in [4.69, 9.17) is 0 Å². The van der Waals surface area contributed by atoms with Crippen molar-refractivity contribution in [1.82, 2.24) is 15.1 Å². The normalized spacial score (nSPS) is 14.2. The van der Waals surface area contributed by atoms with Gasteiger partial charge < -0.3 is 15.5 Å². The molecule has 0 saturated carbocycles. The molecular formula is C17H28Cl2N4O2. The predicted molar refractivity (Wildman–Crippen MR) is 106 cm³/mol. The van der Waals surface area contributed by atoms with Gasteiger partial charge in [0.25, 0.3) is 0 Å². The fraction of sp³-hybridized carbons (Fsp3) is 0.529. The van der Waals surface area contributed by atoms with Crippen LogP contribution in [-0.2, 0) is 9.59 Å². The molecule has 0 aromatic heterocycles. The number of para-hydroxylation sites is 1. The van der Waals surface area contributed by atoms with Crippen molar-refractivity contribution in [3.8, 4) is 0 Å². The average Bonchev–Trinajstić information content (AvgIpc) is 2.56. The van der Waals surface area contributed by atoms with E-state index < -0.39 is 0 Å². The number of piperazine rings is 1. The number of carbonyl (C=O) groups excluding carboxylic acids is 2. The van der Waals surface area contributed by atoms with E-state index in [1.165, 1.54) is 0 Å². The van der Waals surface area contributed by atoms with Crippen molar-refractivity contribution in [2.24, 2.45) is 0 Å². The molecule has 1 aliphatic rings. The van der Waals surface area contributed by atoms with Crippen molar-refractivity contribution in [2.45, 2.75) is 12.8 Å². The van der Waals surface area contributed by atoms with Crippen molar-refractivity contribution in [2.75, 3.05) is 51.6 Å². The van der Waals surface area contributed by atoms with Crippen molar-refractivity contribution in [1.29, 1.82) is 0 Å². The third kappa shape index (κ3) is 8.54. The summed E-state index contributed by atoms with van der Waals surface area (Å²) in [6, 6.07) is 9.46. The monoisotopic (exact) mass is 390 g/mol. The zero-order valence-electron chi connectivity index (χ0n) is 14.6. The van der Waals surface area contributed by atoms with Crippen molar-refractivity contribution < 1.29 is 9.59 Å². The van der Waals surface area contributed by atoms with Crippen molar-refractivity contribution in [3.05, 3.63) is 30.3 Å². The molecule has 1 aromatic carbocycles. The van der Waals surface area contributed by atoms with Crippen LogP contribution in [0.4, 0.5) is 5.69 Å². The summed E-state index contributed by atoms with van der Waals surface area (Å²) in [7, 11) is 1.89. The fourth-order valence-corrected chi connectivity index (χ4v) is 2.65. The average molecular weight is 391 g/mol. The second-order valence-electron chi connectivity index (χ2n) is 5.78. The summed E-state index contributed by atoms with van der Waals surface area (Å²) in [5.41, 5.74) is 0.816. The lowest BCUT2D eigenvalue weighted by Crippen LogP contribution is -2.50. The molecule has 0 radical (unpaired) electrons. The Morgan fingerprint density at radius 2 is 1.68 bits per heavy atom. The molecule has 1 aromatic rings. The van der Waals surface area contributed by atoms with E-state index in [9.17, 15) is 9.59 Å². The SMILES string of the molecule is CNCCCC(=O)N1CCN(CC(=O)Nc2ccccc2)CC1.Cl.Cl. The first kappa shape index (κ1) is 23.7. The van der Waals surface area contributed by atoms with E-state index in [0.717, 1.165) is 31.7 Å². The lowest BCUT2D eigenvalue weighted by Gasteiger charge is -2.34. The Labute approximate surface area is 162 Å². The Balaban J connectivity index is 0.00000288. The van der Waals surface area contributed by atoms with Crippen LogP contribution in [0.1, 0.15) is 12.8 Å². The van der Waals surface area contributed by atoms with Crippen LogP contribution in [0, 0.1) is 0 Å². The highest BCUT2D eigenvalue weighted by Gasteiger charge is 2.21. The van der Waals surface area contributed by atoms with E-state index in [0.29, 0.717) is 26.1 Å². The van der Waals surface area contributed by atoms with Crippen LogP contribution < -0.4 is 10.6 Å². The quantitative estimate of drug-likeness (QED) is 0.694. The van der Waals surface area contributed by atoms with E-state index in [1.54, 1.807) is 0 Å². The largest absolute Gasteiger partial charge is 0.340 e. The number of hydrogen-bond acceptors (Lipinski definition) is 4. The Bertz CT molecular complexity index is 509. The van der Waals surface area contributed by atoms with Gasteiger partial charge >= 0.3 is 0 Å². The molecule has 2 amide bonds. The highest BCUT2D eigenvalue weighted by Crippen LogP contribution is 2.07. The molecule has 6 nitrogen and oxygen atoms in total. The Morgan fingerprint density at radius 3 is 2.28 bits per heavy atom. The Kier molecular flexibility index (Phi) is 12.2. The minimum Gasteiger partial charge on any atom is -0.340 e. The zero-order chi connectivity index (χ0) is 16.5. The first-order chi connectivity index (χ1) is 11.2. The number of nitrogens with zero attached hydrogens (tertiary/aromatic N) is 2. The molecular weight excluding hydrogens is 363 g/mol. The number of benzene rings is 1. The van der Waals surface area contributed by atoms with Gasteiger partial charge in [0.2, 0.25) is 11.8 Å². The van der Waals surface area contributed by atoms with E-state index in [-0.39, 0.29) is 36.6 Å².